The van der Waals surface area contributed by atoms with Crippen LogP contribution in [0.25, 0.3) is 5.76 Å². The number of aliphatic hydroxyl groups excluding tert-OH is 1. The maximum atomic E-state index is 13.2. The summed E-state index contributed by atoms with van der Waals surface area (Å²) >= 11 is 12.3. The van der Waals surface area contributed by atoms with Crippen molar-refractivity contribution in [2.75, 3.05) is 0 Å². The fourth-order valence-electron chi connectivity index (χ4n) is 3.88. The van der Waals surface area contributed by atoms with Crippen LogP contribution in [0.1, 0.15) is 36.6 Å². The van der Waals surface area contributed by atoms with E-state index in [4.69, 9.17) is 27.9 Å². The lowest BCUT2D eigenvalue weighted by Gasteiger charge is -2.25. The number of pyridine rings is 1. The molecule has 0 bridgehead atoms. The Morgan fingerprint density at radius 2 is 1.82 bits per heavy atom. The lowest BCUT2D eigenvalue weighted by molar-refractivity contribution is -0.140. The third kappa shape index (κ3) is 4.79. The van der Waals surface area contributed by atoms with Gasteiger partial charge in [-0.15, -0.1) is 0 Å². The lowest BCUT2D eigenvalue weighted by Crippen LogP contribution is -2.29. The second-order valence-corrected chi connectivity index (χ2v) is 8.97. The number of likely N-dealkylation sites (tertiary alicyclic amines) is 1. The van der Waals surface area contributed by atoms with Crippen LogP contribution in [-0.2, 0) is 16.1 Å². The number of aromatic nitrogens is 1. The quantitative estimate of drug-likeness (QED) is 0.265. The van der Waals surface area contributed by atoms with E-state index in [0.717, 1.165) is 5.56 Å². The summed E-state index contributed by atoms with van der Waals surface area (Å²) in [5.41, 5.74) is 1.66. The van der Waals surface area contributed by atoms with Crippen LogP contribution >= 0.6 is 23.2 Å². The van der Waals surface area contributed by atoms with Crippen LogP contribution in [0.3, 0.4) is 0 Å². The zero-order valence-electron chi connectivity index (χ0n) is 18.5. The molecule has 1 aliphatic heterocycles. The molecule has 4 rings (SSSR count). The normalized spacial score (nSPS) is 17.4. The minimum absolute atomic E-state index is 0.00750. The summed E-state index contributed by atoms with van der Waals surface area (Å²) in [4.78, 5) is 31.8. The van der Waals surface area contributed by atoms with Crippen molar-refractivity contribution < 1.29 is 19.4 Å². The van der Waals surface area contributed by atoms with Gasteiger partial charge in [-0.25, -0.2) is 0 Å². The number of ketones is 1. The molecule has 1 fully saturated rings. The number of Topliss-reactive ketones (excluding diaryl/α,β-unsaturated/α-hetero) is 1. The molecule has 0 saturated carbocycles. The highest BCUT2D eigenvalue weighted by molar-refractivity contribution is 6.46. The fourth-order valence-corrected chi connectivity index (χ4v) is 4.19. The van der Waals surface area contributed by atoms with Crippen LogP contribution in [0.4, 0.5) is 0 Å². The number of hydrogen-bond acceptors (Lipinski definition) is 5. The molecule has 1 aliphatic rings. The summed E-state index contributed by atoms with van der Waals surface area (Å²) in [5.74, 6) is -1.15. The van der Waals surface area contributed by atoms with E-state index in [1.807, 2.05) is 19.9 Å². The Morgan fingerprint density at radius 1 is 1.09 bits per heavy atom. The van der Waals surface area contributed by atoms with Gasteiger partial charge in [0.25, 0.3) is 11.7 Å². The van der Waals surface area contributed by atoms with E-state index in [0.29, 0.717) is 21.9 Å². The number of amides is 1. The molecular weight excluding hydrogens is 475 g/mol. The van der Waals surface area contributed by atoms with Crippen LogP contribution < -0.4 is 4.74 Å². The predicted molar refractivity (Wildman–Crippen MR) is 131 cm³/mol. The number of hydrogen-bond donors (Lipinski definition) is 1. The molecule has 2 aromatic carbocycles. The van der Waals surface area contributed by atoms with Crippen molar-refractivity contribution in [2.45, 2.75) is 32.5 Å². The van der Waals surface area contributed by atoms with E-state index < -0.39 is 17.7 Å². The third-order valence-corrected chi connectivity index (χ3v) is 6.11. The Balaban J connectivity index is 1.82. The van der Waals surface area contributed by atoms with Crippen molar-refractivity contribution in [1.82, 2.24) is 9.88 Å². The molecule has 0 radical (unpaired) electrons. The molecule has 34 heavy (non-hydrogen) atoms. The van der Waals surface area contributed by atoms with E-state index in [2.05, 4.69) is 4.98 Å². The smallest absolute Gasteiger partial charge is 0.295 e. The highest BCUT2D eigenvalue weighted by Crippen LogP contribution is 2.41. The first-order valence-electron chi connectivity index (χ1n) is 10.7. The van der Waals surface area contributed by atoms with Crippen molar-refractivity contribution in [3.63, 3.8) is 0 Å². The summed E-state index contributed by atoms with van der Waals surface area (Å²) in [6, 6.07) is 14.3. The van der Waals surface area contributed by atoms with E-state index in [1.165, 1.54) is 4.90 Å². The number of benzene rings is 2. The van der Waals surface area contributed by atoms with Crippen molar-refractivity contribution in [3.8, 4) is 5.75 Å². The molecule has 1 amide bonds. The first-order chi connectivity index (χ1) is 16.3. The van der Waals surface area contributed by atoms with Gasteiger partial charge < -0.3 is 14.7 Å². The molecule has 8 heteroatoms. The van der Waals surface area contributed by atoms with Gasteiger partial charge in [-0.2, -0.15) is 0 Å². The van der Waals surface area contributed by atoms with Crippen molar-refractivity contribution >= 4 is 40.7 Å². The number of ether oxygens (including phenoxy) is 1. The molecule has 3 aromatic rings. The topological polar surface area (TPSA) is 79.7 Å². The van der Waals surface area contributed by atoms with E-state index >= 15 is 0 Å². The molecule has 1 saturated heterocycles. The summed E-state index contributed by atoms with van der Waals surface area (Å²) in [7, 11) is 0. The second kappa shape index (κ2) is 9.87. The van der Waals surface area contributed by atoms with Gasteiger partial charge in [0.15, 0.2) is 0 Å². The minimum Gasteiger partial charge on any atom is -0.507 e. The largest absolute Gasteiger partial charge is 0.507 e. The molecular formula is C26H22Cl2N2O4. The van der Waals surface area contributed by atoms with Gasteiger partial charge in [-0.1, -0.05) is 35.3 Å². The van der Waals surface area contributed by atoms with Crippen LogP contribution in [-0.4, -0.2) is 32.8 Å². The fraction of sp³-hybridized carbons (Fsp3) is 0.192. The SMILES string of the molecule is CC(C)Oc1ccc(C(O)=C2C(=O)C(=O)N(Cc3cccnc3)C2c2ccc(Cl)c(Cl)c2)cc1. The van der Waals surface area contributed by atoms with Crippen LogP contribution in [0, 0.1) is 0 Å². The Bertz CT molecular complexity index is 1260. The van der Waals surface area contributed by atoms with Gasteiger partial charge in [0.2, 0.25) is 0 Å². The number of carbonyl (C=O) groups excluding carboxylic acids is 2. The molecule has 1 atom stereocenters. The predicted octanol–water partition coefficient (Wildman–Crippen LogP) is 5.80. The highest BCUT2D eigenvalue weighted by Gasteiger charge is 2.46. The van der Waals surface area contributed by atoms with E-state index in [9.17, 15) is 14.7 Å². The highest BCUT2D eigenvalue weighted by atomic mass is 35.5. The van der Waals surface area contributed by atoms with Crippen molar-refractivity contribution in [2.24, 2.45) is 0 Å². The van der Waals surface area contributed by atoms with Crippen molar-refractivity contribution in [3.05, 3.63) is 99.3 Å². The van der Waals surface area contributed by atoms with E-state index in [1.54, 1.807) is 60.9 Å². The molecule has 0 spiro atoms. The first-order valence-corrected chi connectivity index (χ1v) is 11.4. The average Bonchev–Trinajstić information content (AvgIpc) is 3.06. The number of aliphatic hydroxyl groups is 1. The molecule has 1 unspecified atom stereocenters. The zero-order chi connectivity index (χ0) is 24.4. The third-order valence-electron chi connectivity index (χ3n) is 5.37. The first kappa shape index (κ1) is 23.8. The summed E-state index contributed by atoms with van der Waals surface area (Å²) < 4.78 is 5.65. The summed E-state index contributed by atoms with van der Waals surface area (Å²) in [5, 5.41) is 11.8. The molecule has 0 aliphatic carbocycles. The monoisotopic (exact) mass is 496 g/mol. The van der Waals surface area contributed by atoms with Gasteiger partial charge in [0.05, 0.1) is 27.8 Å². The summed E-state index contributed by atoms with van der Waals surface area (Å²) in [6.45, 7) is 3.95. The molecule has 1 aromatic heterocycles. The maximum Gasteiger partial charge on any atom is 0.295 e. The number of nitrogens with zero attached hydrogens (tertiary/aromatic N) is 2. The minimum atomic E-state index is -0.860. The molecule has 6 nitrogen and oxygen atoms in total. The van der Waals surface area contributed by atoms with Gasteiger partial charge in [-0.05, 0) is 67.4 Å². The van der Waals surface area contributed by atoms with Gasteiger partial charge in [-0.3, -0.25) is 14.6 Å². The summed E-state index contributed by atoms with van der Waals surface area (Å²) in [6.07, 6.45) is 3.24. The standard InChI is InChI=1S/C26H22Cl2N2O4/c1-15(2)34-19-8-5-17(6-9-19)24(31)22-23(18-7-10-20(27)21(28)12-18)30(26(33)25(22)32)14-16-4-3-11-29-13-16/h3-13,15,23,31H,14H2,1-2H3. The average molecular weight is 497 g/mol. The van der Waals surface area contributed by atoms with Crippen molar-refractivity contribution in [1.29, 1.82) is 0 Å². The number of halogens is 2. The Hall–Kier alpha value is -3.35. The van der Waals surface area contributed by atoms with Crippen LogP contribution in [0.2, 0.25) is 10.0 Å². The molecule has 174 valence electrons. The maximum absolute atomic E-state index is 13.2. The lowest BCUT2D eigenvalue weighted by atomic mass is 9.95. The van der Waals surface area contributed by atoms with Gasteiger partial charge >= 0.3 is 0 Å². The van der Waals surface area contributed by atoms with Crippen LogP contribution in [0.15, 0.2) is 72.6 Å². The van der Waals surface area contributed by atoms with Gasteiger partial charge in [0.1, 0.15) is 11.5 Å². The number of carbonyl (C=O) groups is 2. The Labute approximate surface area is 207 Å². The Morgan fingerprint density at radius 3 is 2.44 bits per heavy atom. The molecule has 2 heterocycles. The van der Waals surface area contributed by atoms with E-state index in [-0.39, 0.29) is 29.0 Å². The number of rotatable bonds is 6. The van der Waals surface area contributed by atoms with Crippen LogP contribution in [0.5, 0.6) is 5.75 Å². The second-order valence-electron chi connectivity index (χ2n) is 8.15. The zero-order valence-corrected chi connectivity index (χ0v) is 20.0. The molecule has 1 N–H and O–H groups in total. The van der Waals surface area contributed by atoms with Gasteiger partial charge in [0, 0.05) is 24.5 Å². The Kier molecular flexibility index (Phi) is 6.91.